The zero-order valence-electron chi connectivity index (χ0n) is 12.5. The van der Waals surface area contributed by atoms with Crippen LogP contribution >= 0.6 is 0 Å². The van der Waals surface area contributed by atoms with Gasteiger partial charge in [0.1, 0.15) is 0 Å². The Morgan fingerprint density at radius 3 is 2.85 bits per heavy atom. The molecule has 1 aliphatic carbocycles. The van der Waals surface area contributed by atoms with E-state index in [9.17, 15) is 9.50 Å². The molecule has 2 nitrogen and oxygen atoms in total. The van der Waals surface area contributed by atoms with Gasteiger partial charge in [0.2, 0.25) is 0 Å². The summed E-state index contributed by atoms with van der Waals surface area (Å²) in [4.78, 5) is 0. The van der Waals surface area contributed by atoms with Crippen LogP contribution in [0, 0.1) is 11.7 Å². The van der Waals surface area contributed by atoms with Gasteiger partial charge in [0.15, 0.2) is 11.6 Å². The van der Waals surface area contributed by atoms with Crippen LogP contribution in [0.15, 0.2) is 18.2 Å². The van der Waals surface area contributed by atoms with Gasteiger partial charge in [0.25, 0.3) is 0 Å². The zero-order valence-corrected chi connectivity index (χ0v) is 12.5. The average molecular weight is 280 g/mol. The number of aliphatic hydroxyl groups is 1. The molecule has 3 heteroatoms. The van der Waals surface area contributed by atoms with E-state index in [1.807, 2.05) is 0 Å². The lowest BCUT2D eigenvalue weighted by atomic mass is 9.85. The topological polar surface area (TPSA) is 29.5 Å². The van der Waals surface area contributed by atoms with Crippen molar-refractivity contribution in [3.05, 3.63) is 29.6 Å². The Balaban J connectivity index is 2.22. The van der Waals surface area contributed by atoms with Gasteiger partial charge < -0.3 is 9.84 Å². The van der Waals surface area contributed by atoms with Crippen LogP contribution in [-0.2, 0) is 5.60 Å². The van der Waals surface area contributed by atoms with Crippen LogP contribution in [0.2, 0.25) is 0 Å². The first-order valence-electron chi connectivity index (χ1n) is 7.66. The van der Waals surface area contributed by atoms with Crippen molar-refractivity contribution in [2.24, 2.45) is 5.92 Å². The molecule has 2 atom stereocenters. The van der Waals surface area contributed by atoms with E-state index in [2.05, 4.69) is 6.92 Å². The molecule has 2 unspecified atom stereocenters. The van der Waals surface area contributed by atoms with Gasteiger partial charge in [-0.05, 0) is 37.7 Å². The second-order valence-electron chi connectivity index (χ2n) is 5.94. The van der Waals surface area contributed by atoms with Crippen LogP contribution in [0.3, 0.4) is 0 Å². The molecule has 1 N–H and O–H groups in total. The molecule has 0 amide bonds. The predicted molar refractivity (Wildman–Crippen MR) is 78.3 cm³/mol. The van der Waals surface area contributed by atoms with Crippen molar-refractivity contribution < 1.29 is 14.2 Å². The van der Waals surface area contributed by atoms with Crippen LogP contribution in [0.4, 0.5) is 4.39 Å². The van der Waals surface area contributed by atoms with Crippen LogP contribution in [-0.4, -0.2) is 12.2 Å². The molecule has 1 fully saturated rings. The summed E-state index contributed by atoms with van der Waals surface area (Å²) < 4.78 is 19.4. The molecular weight excluding hydrogens is 255 g/mol. The van der Waals surface area contributed by atoms with Crippen molar-refractivity contribution in [3.8, 4) is 5.75 Å². The third-order valence-electron chi connectivity index (χ3n) is 4.55. The molecule has 0 heterocycles. The fourth-order valence-corrected chi connectivity index (χ4v) is 3.39. The van der Waals surface area contributed by atoms with Crippen molar-refractivity contribution in [3.63, 3.8) is 0 Å². The monoisotopic (exact) mass is 280 g/mol. The van der Waals surface area contributed by atoms with E-state index in [-0.39, 0.29) is 5.75 Å². The number of rotatable bonds is 4. The van der Waals surface area contributed by atoms with Gasteiger partial charge in [0, 0.05) is 5.56 Å². The maximum Gasteiger partial charge on any atom is 0.171 e. The molecule has 1 aliphatic rings. The molecule has 20 heavy (non-hydrogen) atoms. The standard InChI is InChI=1S/C17H25FO2/c1-3-6-13-7-5-11-17(19,12-10-13)14-8-4-9-15(20-2)16(14)18/h4,8-9,13,19H,3,5-7,10-12H2,1-2H3. The number of halogens is 1. The van der Waals surface area contributed by atoms with E-state index in [4.69, 9.17) is 4.74 Å². The molecule has 112 valence electrons. The van der Waals surface area contributed by atoms with Gasteiger partial charge in [-0.1, -0.05) is 38.3 Å². The van der Waals surface area contributed by atoms with Gasteiger partial charge >= 0.3 is 0 Å². The van der Waals surface area contributed by atoms with Gasteiger partial charge in [-0.25, -0.2) is 4.39 Å². The number of ether oxygens (including phenoxy) is 1. The van der Waals surface area contributed by atoms with Crippen LogP contribution in [0.5, 0.6) is 5.75 Å². The van der Waals surface area contributed by atoms with E-state index in [1.54, 1.807) is 18.2 Å². The molecule has 1 saturated carbocycles. The Morgan fingerprint density at radius 1 is 1.35 bits per heavy atom. The minimum atomic E-state index is -1.04. The molecule has 0 spiro atoms. The normalized spacial score (nSPS) is 27.1. The highest BCUT2D eigenvalue weighted by atomic mass is 19.1. The highest BCUT2D eigenvalue weighted by Crippen LogP contribution is 2.41. The van der Waals surface area contributed by atoms with E-state index in [0.717, 1.165) is 19.3 Å². The second-order valence-corrected chi connectivity index (χ2v) is 5.94. The lowest BCUT2D eigenvalue weighted by molar-refractivity contribution is 0.0157. The maximum absolute atomic E-state index is 14.4. The second kappa shape index (κ2) is 6.57. The van der Waals surface area contributed by atoms with Gasteiger partial charge in [-0.2, -0.15) is 0 Å². The Morgan fingerprint density at radius 2 is 2.15 bits per heavy atom. The number of hydrogen-bond donors (Lipinski definition) is 1. The summed E-state index contributed by atoms with van der Waals surface area (Å²) in [6.45, 7) is 2.19. The quantitative estimate of drug-likeness (QED) is 0.828. The molecule has 1 aromatic carbocycles. The summed E-state index contributed by atoms with van der Waals surface area (Å²) >= 11 is 0. The SMILES string of the molecule is CCCC1CCCC(O)(c2cccc(OC)c2F)CC1. The van der Waals surface area contributed by atoms with Crippen LogP contribution in [0.1, 0.15) is 57.4 Å². The molecular formula is C17H25FO2. The molecule has 0 saturated heterocycles. The lowest BCUT2D eigenvalue weighted by Gasteiger charge is -2.28. The first-order chi connectivity index (χ1) is 9.60. The first-order valence-corrected chi connectivity index (χ1v) is 7.66. The van der Waals surface area contributed by atoms with E-state index in [1.165, 1.54) is 20.0 Å². The minimum absolute atomic E-state index is 0.213. The third kappa shape index (κ3) is 3.14. The number of benzene rings is 1. The minimum Gasteiger partial charge on any atom is -0.494 e. The third-order valence-corrected chi connectivity index (χ3v) is 4.55. The molecule has 0 aromatic heterocycles. The number of methoxy groups -OCH3 is 1. The highest BCUT2D eigenvalue weighted by molar-refractivity contribution is 5.34. The Labute approximate surface area is 121 Å². The summed E-state index contributed by atoms with van der Waals surface area (Å²) in [6, 6.07) is 5.04. The Hall–Kier alpha value is -1.09. The van der Waals surface area contributed by atoms with Crippen molar-refractivity contribution in [1.82, 2.24) is 0 Å². The lowest BCUT2D eigenvalue weighted by Crippen LogP contribution is -2.26. The van der Waals surface area contributed by atoms with Gasteiger partial charge in [-0.15, -0.1) is 0 Å². The molecule has 0 bridgehead atoms. The maximum atomic E-state index is 14.4. The summed E-state index contributed by atoms with van der Waals surface area (Å²) in [7, 11) is 1.45. The van der Waals surface area contributed by atoms with Gasteiger partial charge in [0.05, 0.1) is 12.7 Å². The van der Waals surface area contributed by atoms with Crippen molar-refractivity contribution in [1.29, 1.82) is 0 Å². The molecule has 0 radical (unpaired) electrons. The predicted octanol–water partition coefficient (Wildman–Crippen LogP) is 4.40. The largest absolute Gasteiger partial charge is 0.494 e. The van der Waals surface area contributed by atoms with Crippen molar-refractivity contribution in [2.45, 2.75) is 57.5 Å². The molecule has 2 rings (SSSR count). The van der Waals surface area contributed by atoms with Crippen LogP contribution < -0.4 is 4.74 Å². The van der Waals surface area contributed by atoms with E-state index in [0.29, 0.717) is 24.3 Å². The average Bonchev–Trinajstić information content (AvgIpc) is 2.63. The smallest absolute Gasteiger partial charge is 0.171 e. The first kappa shape index (κ1) is 15.3. The Kier molecular flexibility index (Phi) is 5.03. The fraction of sp³-hybridized carbons (Fsp3) is 0.647. The van der Waals surface area contributed by atoms with Crippen LogP contribution in [0.25, 0.3) is 0 Å². The van der Waals surface area contributed by atoms with E-state index < -0.39 is 11.4 Å². The van der Waals surface area contributed by atoms with E-state index >= 15 is 0 Å². The number of hydrogen-bond acceptors (Lipinski definition) is 2. The summed E-state index contributed by atoms with van der Waals surface area (Å²) in [5.41, 5.74) is -0.643. The Bertz CT molecular complexity index is 447. The summed E-state index contributed by atoms with van der Waals surface area (Å²) in [5.74, 6) is 0.472. The highest BCUT2D eigenvalue weighted by Gasteiger charge is 2.35. The molecule has 1 aromatic rings. The van der Waals surface area contributed by atoms with Crippen molar-refractivity contribution >= 4 is 0 Å². The van der Waals surface area contributed by atoms with Gasteiger partial charge in [-0.3, -0.25) is 0 Å². The summed E-state index contributed by atoms with van der Waals surface area (Å²) in [5, 5.41) is 10.9. The molecule has 0 aliphatic heterocycles. The zero-order chi connectivity index (χ0) is 14.6. The van der Waals surface area contributed by atoms with Crippen molar-refractivity contribution in [2.75, 3.05) is 7.11 Å². The fourth-order valence-electron chi connectivity index (χ4n) is 3.39. The summed E-state index contributed by atoms with van der Waals surface area (Å²) in [6.07, 6.45) is 6.73.